The monoisotopic (exact) mass is 374 g/mol. The molecule has 0 spiro atoms. The van der Waals surface area contributed by atoms with Crippen LogP contribution in [0, 0.1) is 0 Å². The first-order valence-electron chi connectivity index (χ1n) is 8.54. The molecule has 0 fully saturated rings. The third kappa shape index (κ3) is 5.20. The Morgan fingerprint density at radius 1 is 0.625 bits per heavy atom. The van der Waals surface area contributed by atoms with E-state index in [1.54, 1.807) is 0 Å². The zero-order valence-corrected chi connectivity index (χ0v) is 17.3. The Balaban J connectivity index is 3.17. The van der Waals surface area contributed by atoms with Crippen LogP contribution in [0.15, 0.2) is 24.3 Å². The number of hydrogen-bond donors (Lipinski definition) is 1. The molecule has 0 bridgehead atoms. The molecule has 0 radical (unpaired) electrons. The molecule has 0 saturated heterocycles. The largest absolute Gasteiger partial charge is 0.537 e. The molecule has 0 heterocycles. The number of benzene rings is 1. The van der Waals surface area contributed by atoms with Gasteiger partial charge in [-0.15, -0.1) is 0 Å². The van der Waals surface area contributed by atoms with Crippen LogP contribution in [0.25, 0.3) is 0 Å². The van der Waals surface area contributed by atoms with E-state index in [2.05, 4.69) is 0 Å². The highest BCUT2D eigenvalue weighted by atomic mass is 28.4. The van der Waals surface area contributed by atoms with Crippen molar-refractivity contribution in [2.24, 2.45) is 0 Å². The molecule has 0 aliphatic carbocycles. The molecule has 0 saturated carbocycles. The zero-order chi connectivity index (χ0) is 18.1. The van der Waals surface area contributed by atoms with Gasteiger partial charge in [-0.2, -0.15) is 0 Å². The Hall–Kier alpha value is -0.586. The predicted molar refractivity (Wildman–Crippen MR) is 97.6 cm³/mol. The molecule has 0 unspecified atom stereocenters. The second-order valence-corrected chi connectivity index (χ2v) is 9.75. The molecule has 6 nitrogen and oxygen atoms in total. The van der Waals surface area contributed by atoms with Crippen LogP contribution in [-0.4, -0.2) is 55.4 Å². The van der Waals surface area contributed by atoms with Crippen LogP contribution in [-0.2, 0) is 22.1 Å². The van der Waals surface area contributed by atoms with Crippen molar-refractivity contribution in [3.63, 3.8) is 0 Å². The summed E-state index contributed by atoms with van der Waals surface area (Å²) < 4.78 is 28.7. The van der Waals surface area contributed by atoms with Crippen LogP contribution in [0.3, 0.4) is 0 Å². The smallest absolute Gasteiger partial charge is 0.386 e. The maximum atomic E-state index is 10.7. The average molecular weight is 375 g/mol. The van der Waals surface area contributed by atoms with Crippen LogP contribution in [0.5, 0.6) is 0 Å². The second-order valence-electron chi connectivity index (χ2n) is 4.88. The van der Waals surface area contributed by atoms with Crippen molar-refractivity contribution in [1.29, 1.82) is 0 Å². The third-order valence-electron chi connectivity index (χ3n) is 3.29. The van der Waals surface area contributed by atoms with Gasteiger partial charge in [0.05, 0.1) is 0 Å². The summed E-state index contributed by atoms with van der Waals surface area (Å²) in [5, 5.41) is 1.52. The molecule has 1 aromatic rings. The summed E-state index contributed by atoms with van der Waals surface area (Å²) in [5.41, 5.74) is 0. The van der Waals surface area contributed by atoms with Gasteiger partial charge in [0.25, 0.3) is 0 Å². The maximum Gasteiger partial charge on any atom is 0.537 e. The van der Waals surface area contributed by atoms with Crippen molar-refractivity contribution in [1.82, 2.24) is 0 Å². The zero-order valence-electron chi connectivity index (χ0n) is 15.3. The summed E-state index contributed by atoms with van der Waals surface area (Å²) >= 11 is 0. The van der Waals surface area contributed by atoms with Gasteiger partial charge in [-0.25, -0.2) is 0 Å². The minimum Gasteiger partial charge on any atom is -0.386 e. The third-order valence-corrected chi connectivity index (χ3v) is 8.76. The Morgan fingerprint density at radius 3 is 1.29 bits per heavy atom. The van der Waals surface area contributed by atoms with Crippen molar-refractivity contribution in [2.45, 2.75) is 34.6 Å². The van der Waals surface area contributed by atoms with E-state index in [4.69, 9.17) is 22.1 Å². The standard InChI is InChI=1S/C16H30O6Si2/c1-6-18-23(17,19-7-2)15-11-13-16(14-12-15)24(20-8-3,21-9-4)22-10-5/h11-14,17H,6-10H2,1-5H3. The molecule has 0 aliphatic rings. The van der Waals surface area contributed by atoms with Gasteiger partial charge >= 0.3 is 17.6 Å². The van der Waals surface area contributed by atoms with Gasteiger partial charge in [-0.05, 0) is 34.6 Å². The quantitative estimate of drug-likeness (QED) is 0.554. The lowest BCUT2D eigenvalue weighted by atomic mass is 10.4. The lowest BCUT2D eigenvalue weighted by Crippen LogP contribution is -2.58. The van der Waals surface area contributed by atoms with Gasteiger partial charge in [0.1, 0.15) is 0 Å². The molecule has 8 heteroatoms. The van der Waals surface area contributed by atoms with Gasteiger partial charge in [-0.3, -0.25) is 0 Å². The number of rotatable bonds is 12. The molecule has 1 aromatic carbocycles. The second kappa shape index (κ2) is 10.4. The predicted octanol–water partition coefficient (Wildman–Crippen LogP) is 1.15. The minimum atomic E-state index is -3.37. The fraction of sp³-hybridized carbons (Fsp3) is 0.625. The Kier molecular flexibility index (Phi) is 9.31. The number of hydrogen-bond acceptors (Lipinski definition) is 6. The van der Waals surface area contributed by atoms with Crippen LogP contribution < -0.4 is 10.4 Å². The van der Waals surface area contributed by atoms with Gasteiger partial charge in [0.15, 0.2) is 0 Å². The van der Waals surface area contributed by atoms with Crippen LogP contribution >= 0.6 is 0 Å². The molecule has 0 aromatic heterocycles. The Morgan fingerprint density at radius 2 is 0.958 bits per heavy atom. The maximum absolute atomic E-state index is 10.7. The van der Waals surface area contributed by atoms with Crippen molar-refractivity contribution in [2.75, 3.05) is 33.0 Å². The van der Waals surface area contributed by atoms with E-state index in [1.807, 2.05) is 58.9 Å². The first kappa shape index (κ1) is 21.5. The topological polar surface area (TPSA) is 66.4 Å². The Bertz CT molecular complexity index is 445. The minimum absolute atomic E-state index is 0.389. The molecule has 1 rings (SSSR count). The molecule has 138 valence electrons. The van der Waals surface area contributed by atoms with E-state index in [-0.39, 0.29) is 0 Å². The molecule has 0 atom stereocenters. The molecule has 0 amide bonds. The fourth-order valence-corrected chi connectivity index (χ4v) is 6.68. The van der Waals surface area contributed by atoms with Crippen LogP contribution in [0.1, 0.15) is 34.6 Å². The van der Waals surface area contributed by atoms with E-state index in [9.17, 15) is 4.80 Å². The summed E-state index contributed by atoms with van der Waals surface area (Å²) in [4.78, 5) is 10.7. The molecule has 1 N–H and O–H groups in total. The van der Waals surface area contributed by atoms with E-state index in [0.717, 1.165) is 5.19 Å². The highest BCUT2D eigenvalue weighted by Crippen LogP contribution is 2.12. The van der Waals surface area contributed by atoms with E-state index in [1.165, 1.54) is 0 Å². The van der Waals surface area contributed by atoms with E-state index in [0.29, 0.717) is 38.2 Å². The summed E-state index contributed by atoms with van der Waals surface area (Å²) in [7, 11) is -6.31. The molecule has 0 aliphatic heterocycles. The summed E-state index contributed by atoms with van der Waals surface area (Å²) in [6, 6.07) is 7.37. The fourth-order valence-electron chi connectivity index (χ4n) is 2.43. The van der Waals surface area contributed by atoms with Crippen LogP contribution in [0.4, 0.5) is 0 Å². The summed E-state index contributed by atoms with van der Waals surface area (Å²) in [6.07, 6.45) is 0. The van der Waals surface area contributed by atoms with Gasteiger partial charge in [0.2, 0.25) is 0 Å². The lowest BCUT2D eigenvalue weighted by Gasteiger charge is -2.29. The summed E-state index contributed by atoms with van der Waals surface area (Å²) in [5.74, 6) is 0. The highest BCUT2D eigenvalue weighted by molar-refractivity contribution is 6.76. The van der Waals surface area contributed by atoms with Crippen LogP contribution in [0.2, 0.25) is 0 Å². The Labute approximate surface area is 147 Å². The molecular weight excluding hydrogens is 344 g/mol. The normalized spacial score (nSPS) is 12.6. The molecular formula is C16H30O6Si2. The van der Waals surface area contributed by atoms with Gasteiger partial charge in [-0.1, -0.05) is 24.3 Å². The van der Waals surface area contributed by atoms with Gasteiger partial charge < -0.3 is 26.9 Å². The lowest BCUT2D eigenvalue weighted by molar-refractivity contribution is 0.0858. The molecule has 24 heavy (non-hydrogen) atoms. The highest BCUT2D eigenvalue weighted by Gasteiger charge is 2.44. The first-order valence-corrected chi connectivity index (χ1v) is 12.0. The van der Waals surface area contributed by atoms with E-state index >= 15 is 0 Å². The van der Waals surface area contributed by atoms with Gasteiger partial charge in [0, 0.05) is 43.4 Å². The van der Waals surface area contributed by atoms with Crippen molar-refractivity contribution >= 4 is 28.0 Å². The van der Waals surface area contributed by atoms with Crippen molar-refractivity contribution in [3.8, 4) is 0 Å². The SMILES string of the molecule is CCO[Si](O)(OCC)c1ccc([Si](OCC)(OCC)OCC)cc1. The summed E-state index contributed by atoms with van der Waals surface area (Å²) in [6.45, 7) is 11.7. The van der Waals surface area contributed by atoms with E-state index < -0.39 is 17.6 Å². The van der Waals surface area contributed by atoms with Crippen molar-refractivity contribution < 1.29 is 26.9 Å². The first-order chi connectivity index (χ1) is 11.5. The van der Waals surface area contributed by atoms with Crippen molar-refractivity contribution in [3.05, 3.63) is 24.3 Å². The average Bonchev–Trinajstić information content (AvgIpc) is 2.56.